The molecule has 2 heterocycles. The lowest BCUT2D eigenvalue weighted by atomic mass is 10.2. The topological polar surface area (TPSA) is 38.1 Å². The smallest absolute Gasteiger partial charge is 0.257 e. The monoisotopic (exact) mass is 271 g/mol. The van der Waals surface area contributed by atoms with E-state index in [1.807, 2.05) is 11.9 Å². The van der Waals surface area contributed by atoms with Gasteiger partial charge in [-0.3, -0.25) is 9.48 Å². The van der Waals surface area contributed by atoms with E-state index in [0.717, 1.165) is 24.7 Å². The number of alkyl halides is 1. The standard InChI is InChI=1S/C10H14BrN3O/c1-13-7-8(6-12-13)10(15)14-4-2-3-9(14)5-11/h6-7,9H,2-5H2,1H3. The maximum atomic E-state index is 12.1. The zero-order valence-corrected chi connectivity index (χ0v) is 10.3. The molecule has 0 aromatic carbocycles. The van der Waals surface area contributed by atoms with Gasteiger partial charge < -0.3 is 4.90 Å². The summed E-state index contributed by atoms with van der Waals surface area (Å²) in [6.07, 6.45) is 5.59. The van der Waals surface area contributed by atoms with Gasteiger partial charge in [0.1, 0.15) is 0 Å². The summed E-state index contributed by atoms with van der Waals surface area (Å²) in [4.78, 5) is 14.0. The van der Waals surface area contributed by atoms with Gasteiger partial charge in [0.2, 0.25) is 0 Å². The molecule has 2 rings (SSSR count). The number of hydrogen-bond donors (Lipinski definition) is 0. The maximum absolute atomic E-state index is 12.1. The average Bonchev–Trinajstić information content (AvgIpc) is 2.84. The molecule has 1 aliphatic heterocycles. The van der Waals surface area contributed by atoms with Crippen LogP contribution in [0.4, 0.5) is 0 Å². The number of likely N-dealkylation sites (tertiary alicyclic amines) is 1. The van der Waals surface area contributed by atoms with Gasteiger partial charge >= 0.3 is 0 Å². The number of halogens is 1. The Hall–Kier alpha value is -0.840. The fourth-order valence-electron chi connectivity index (χ4n) is 1.96. The van der Waals surface area contributed by atoms with Crippen molar-refractivity contribution in [1.82, 2.24) is 14.7 Å². The molecule has 1 atom stereocenters. The van der Waals surface area contributed by atoms with Crippen LogP contribution in [0.25, 0.3) is 0 Å². The fraction of sp³-hybridized carbons (Fsp3) is 0.600. The molecular weight excluding hydrogens is 258 g/mol. The second kappa shape index (κ2) is 4.35. The molecule has 1 unspecified atom stereocenters. The van der Waals surface area contributed by atoms with Gasteiger partial charge in [0.15, 0.2) is 0 Å². The minimum absolute atomic E-state index is 0.102. The molecule has 82 valence electrons. The van der Waals surface area contributed by atoms with Crippen LogP contribution in [0, 0.1) is 0 Å². The molecule has 1 aromatic rings. The highest BCUT2D eigenvalue weighted by Crippen LogP contribution is 2.21. The van der Waals surface area contributed by atoms with E-state index in [1.165, 1.54) is 0 Å². The molecule has 1 aromatic heterocycles. The van der Waals surface area contributed by atoms with Gasteiger partial charge in [-0.05, 0) is 12.8 Å². The Kier molecular flexibility index (Phi) is 3.09. The summed E-state index contributed by atoms with van der Waals surface area (Å²) in [5.74, 6) is 0.102. The molecule has 1 fully saturated rings. The molecule has 4 nitrogen and oxygen atoms in total. The molecule has 5 heteroatoms. The summed E-state index contributed by atoms with van der Waals surface area (Å²) in [7, 11) is 1.82. The van der Waals surface area contributed by atoms with Crippen LogP contribution >= 0.6 is 15.9 Å². The molecular formula is C10H14BrN3O. The SMILES string of the molecule is Cn1cc(C(=O)N2CCCC2CBr)cn1. The first kappa shape index (κ1) is 10.7. The van der Waals surface area contributed by atoms with Crippen LogP contribution in [0.2, 0.25) is 0 Å². The van der Waals surface area contributed by atoms with E-state index in [2.05, 4.69) is 21.0 Å². The van der Waals surface area contributed by atoms with E-state index in [4.69, 9.17) is 0 Å². The van der Waals surface area contributed by atoms with Gasteiger partial charge in [0, 0.05) is 31.2 Å². The van der Waals surface area contributed by atoms with Gasteiger partial charge in [-0.1, -0.05) is 15.9 Å². The highest BCUT2D eigenvalue weighted by atomic mass is 79.9. The van der Waals surface area contributed by atoms with Crippen molar-refractivity contribution in [3.63, 3.8) is 0 Å². The van der Waals surface area contributed by atoms with Crippen molar-refractivity contribution in [3.05, 3.63) is 18.0 Å². The van der Waals surface area contributed by atoms with Crippen LogP contribution in [-0.4, -0.2) is 38.5 Å². The Morgan fingerprint density at radius 1 is 1.73 bits per heavy atom. The maximum Gasteiger partial charge on any atom is 0.257 e. The molecule has 1 aliphatic rings. The number of hydrogen-bond acceptors (Lipinski definition) is 2. The second-order valence-electron chi connectivity index (χ2n) is 3.85. The van der Waals surface area contributed by atoms with E-state index < -0.39 is 0 Å². The normalized spacial score (nSPS) is 20.9. The zero-order valence-electron chi connectivity index (χ0n) is 8.69. The second-order valence-corrected chi connectivity index (χ2v) is 4.50. The highest BCUT2D eigenvalue weighted by molar-refractivity contribution is 9.09. The predicted octanol–water partition coefficient (Wildman–Crippen LogP) is 1.42. The van der Waals surface area contributed by atoms with E-state index in [-0.39, 0.29) is 5.91 Å². The number of carbonyl (C=O) groups is 1. The number of aromatic nitrogens is 2. The van der Waals surface area contributed by atoms with Gasteiger partial charge in [0.05, 0.1) is 11.8 Å². The lowest BCUT2D eigenvalue weighted by Gasteiger charge is -2.22. The third kappa shape index (κ3) is 2.07. The lowest BCUT2D eigenvalue weighted by molar-refractivity contribution is 0.0750. The number of rotatable bonds is 2. The summed E-state index contributed by atoms with van der Waals surface area (Å²) in [6, 6.07) is 0.345. The van der Waals surface area contributed by atoms with Crippen LogP contribution in [0.5, 0.6) is 0 Å². The van der Waals surface area contributed by atoms with E-state index in [1.54, 1.807) is 17.1 Å². The first-order valence-electron chi connectivity index (χ1n) is 5.08. The van der Waals surface area contributed by atoms with Crippen molar-refractivity contribution < 1.29 is 4.79 Å². The number of carbonyl (C=O) groups excluding carboxylic acids is 1. The summed E-state index contributed by atoms with van der Waals surface area (Å²) in [6.45, 7) is 0.865. The zero-order chi connectivity index (χ0) is 10.8. The summed E-state index contributed by atoms with van der Waals surface area (Å²) in [5, 5.41) is 4.88. The molecule has 0 aliphatic carbocycles. The minimum atomic E-state index is 0.102. The third-order valence-electron chi connectivity index (χ3n) is 2.77. The molecule has 1 amide bonds. The van der Waals surface area contributed by atoms with E-state index >= 15 is 0 Å². The molecule has 0 bridgehead atoms. The molecule has 0 radical (unpaired) electrons. The van der Waals surface area contributed by atoms with Gasteiger partial charge in [-0.25, -0.2) is 0 Å². The lowest BCUT2D eigenvalue weighted by Crippen LogP contribution is -2.36. The van der Waals surface area contributed by atoms with Gasteiger partial charge in [0.25, 0.3) is 5.91 Å². The first-order chi connectivity index (χ1) is 7.22. The Bertz CT molecular complexity index is 363. The first-order valence-corrected chi connectivity index (χ1v) is 6.20. The highest BCUT2D eigenvalue weighted by Gasteiger charge is 2.28. The van der Waals surface area contributed by atoms with E-state index in [0.29, 0.717) is 11.6 Å². The Morgan fingerprint density at radius 2 is 2.53 bits per heavy atom. The quantitative estimate of drug-likeness (QED) is 0.764. The molecule has 15 heavy (non-hydrogen) atoms. The minimum Gasteiger partial charge on any atom is -0.335 e. The Labute approximate surface area is 97.4 Å². The van der Waals surface area contributed by atoms with Crippen LogP contribution in [0.1, 0.15) is 23.2 Å². The molecule has 0 saturated carbocycles. The molecule has 0 spiro atoms. The van der Waals surface area contributed by atoms with Crippen LogP contribution in [-0.2, 0) is 7.05 Å². The van der Waals surface area contributed by atoms with Gasteiger partial charge in [-0.15, -0.1) is 0 Å². The van der Waals surface area contributed by atoms with Crippen molar-refractivity contribution in [1.29, 1.82) is 0 Å². The number of aryl methyl sites for hydroxylation is 1. The summed E-state index contributed by atoms with van der Waals surface area (Å²) < 4.78 is 1.66. The van der Waals surface area contributed by atoms with Gasteiger partial charge in [-0.2, -0.15) is 5.10 Å². The molecule has 0 N–H and O–H groups in total. The number of nitrogens with zero attached hydrogens (tertiary/aromatic N) is 3. The Morgan fingerprint density at radius 3 is 3.13 bits per heavy atom. The predicted molar refractivity (Wildman–Crippen MR) is 61.1 cm³/mol. The third-order valence-corrected chi connectivity index (χ3v) is 3.52. The average molecular weight is 272 g/mol. The van der Waals surface area contributed by atoms with Crippen molar-refractivity contribution in [2.24, 2.45) is 7.05 Å². The van der Waals surface area contributed by atoms with Crippen molar-refractivity contribution in [2.45, 2.75) is 18.9 Å². The largest absolute Gasteiger partial charge is 0.335 e. The van der Waals surface area contributed by atoms with E-state index in [9.17, 15) is 4.79 Å². The summed E-state index contributed by atoms with van der Waals surface area (Å²) in [5.41, 5.74) is 0.686. The van der Waals surface area contributed by atoms with Crippen LogP contribution < -0.4 is 0 Å². The van der Waals surface area contributed by atoms with Crippen LogP contribution in [0.15, 0.2) is 12.4 Å². The van der Waals surface area contributed by atoms with Crippen LogP contribution in [0.3, 0.4) is 0 Å². The van der Waals surface area contributed by atoms with Crippen molar-refractivity contribution in [2.75, 3.05) is 11.9 Å². The van der Waals surface area contributed by atoms with Crippen molar-refractivity contribution >= 4 is 21.8 Å². The number of amides is 1. The summed E-state index contributed by atoms with van der Waals surface area (Å²) >= 11 is 3.45. The fourth-order valence-corrected chi connectivity index (χ4v) is 2.63. The van der Waals surface area contributed by atoms with Crippen molar-refractivity contribution in [3.8, 4) is 0 Å². The molecule has 1 saturated heterocycles. The Balaban J connectivity index is 2.13.